The maximum atomic E-state index is 11.0. The van der Waals surface area contributed by atoms with Crippen molar-refractivity contribution in [2.75, 3.05) is 0 Å². The molecule has 2 heteroatoms. The van der Waals surface area contributed by atoms with Gasteiger partial charge in [-0.05, 0) is 25.2 Å². The number of carbonyl (C=O) groups excluding carboxylic acids is 1. The summed E-state index contributed by atoms with van der Waals surface area (Å²) < 4.78 is 0. The average molecular weight is 185 g/mol. The highest BCUT2D eigenvalue weighted by atomic mass is 16.1. The number of hydrogen-bond donors (Lipinski definition) is 1. The second-order valence-corrected chi connectivity index (χ2v) is 4.69. The molecule has 0 saturated carbocycles. The van der Waals surface area contributed by atoms with E-state index in [1.54, 1.807) is 6.92 Å². The zero-order chi connectivity index (χ0) is 10.5. The van der Waals surface area contributed by atoms with E-state index in [-0.39, 0.29) is 17.2 Å². The lowest BCUT2D eigenvalue weighted by molar-refractivity contribution is -0.118. The van der Waals surface area contributed by atoms with Gasteiger partial charge in [-0.1, -0.05) is 33.6 Å². The third-order valence-electron chi connectivity index (χ3n) is 2.50. The van der Waals surface area contributed by atoms with Crippen LogP contribution in [0.25, 0.3) is 0 Å². The fraction of sp³-hybridized carbons (Fsp3) is 0.909. The van der Waals surface area contributed by atoms with Gasteiger partial charge in [0.05, 0.1) is 6.04 Å². The van der Waals surface area contributed by atoms with E-state index in [1.807, 2.05) is 0 Å². The molecule has 1 atom stereocenters. The summed E-state index contributed by atoms with van der Waals surface area (Å²) in [4.78, 5) is 11.0. The Morgan fingerprint density at radius 3 is 2.38 bits per heavy atom. The van der Waals surface area contributed by atoms with E-state index in [4.69, 9.17) is 5.73 Å². The lowest BCUT2D eigenvalue weighted by atomic mass is 9.80. The lowest BCUT2D eigenvalue weighted by Crippen LogP contribution is -2.33. The van der Waals surface area contributed by atoms with Gasteiger partial charge in [0.1, 0.15) is 5.78 Å². The molecule has 0 rings (SSSR count). The van der Waals surface area contributed by atoms with Gasteiger partial charge in [-0.15, -0.1) is 0 Å². The van der Waals surface area contributed by atoms with Crippen LogP contribution in [0.5, 0.6) is 0 Å². The molecule has 0 aliphatic heterocycles. The van der Waals surface area contributed by atoms with E-state index < -0.39 is 0 Å². The molecule has 0 aliphatic rings. The Morgan fingerprint density at radius 1 is 1.46 bits per heavy atom. The summed E-state index contributed by atoms with van der Waals surface area (Å²) in [7, 11) is 0. The van der Waals surface area contributed by atoms with Crippen molar-refractivity contribution < 1.29 is 4.79 Å². The number of unbranched alkanes of at least 4 members (excludes halogenated alkanes) is 1. The molecule has 0 spiro atoms. The summed E-state index contributed by atoms with van der Waals surface area (Å²) in [6.07, 6.45) is 4.39. The Labute approximate surface area is 81.9 Å². The first-order chi connectivity index (χ1) is 5.89. The number of Topliss-reactive ketones (excluding diaryl/α,β-unsaturated/α-hetero) is 1. The van der Waals surface area contributed by atoms with E-state index in [0.717, 1.165) is 12.8 Å². The molecule has 0 radical (unpaired) electrons. The Morgan fingerprint density at radius 2 is 2.00 bits per heavy atom. The summed E-state index contributed by atoms with van der Waals surface area (Å²) in [6.45, 7) is 8.12. The van der Waals surface area contributed by atoms with Crippen molar-refractivity contribution in [3.05, 3.63) is 0 Å². The number of rotatable bonds is 6. The van der Waals surface area contributed by atoms with Crippen LogP contribution in [0.1, 0.15) is 53.4 Å². The van der Waals surface area contributed by atoms with Crippen molar-refractivity contribution in [2.24, 2.45) is 11.1 Å². The quantitative estimate of drug-likeness (QED) is 0.691. The molecule has 0 heterocycles. The molecule has 0 bridgehead atoms. The Hall–Kier alpha value is -0.370. The van der Waals surface area contributed by atoms with E-state index in [9.17, 15) is 4.79 Å². The minimum Gasteiger partial charge on any atom is -0.322 e. The second-order valence-electron chi connectivity index (χ2n) is 4.69. The van der Waals surface area contributed by atoms with Crippen LogP contribution in [0.4, 0.5) is 0 Å². The van der Waals surface area contributed by atoms with E-state index in [0.29, 0.717) is 0 Å². The molecule has 0 aromatic rings. The van der Waals surface area contributed by atoms with Crippen LogP contribution >= 0.6 is 0 Å². The largest absolute Gasteiger partial charge is 0.322 e. The Balaban J connectivity index is 3.93. The first kappa shape index (κ1) is 12.6. The molecule has 0 aromatic carbocycles. The van der Waals surface area contributed by atoms with Gasteiger partial charge in [-0.3, -0.25) is 4.79 Å². The topological polar surface area (TPSA) is 43.1 Å². The van der Waals surface area contributed by atoms with Crippen molar-refractivity contribution >= 4 is 5.78 Å². The normalized spacial score (nSPS) is 14.2. The maximum absolute atomic E-state index is 11.0. The van der Waals surface area contributed by atoms with Crippen LogP contribution in [0.2, 0.25) is 0 Å². The number of ketones is 1. The van der Waals surface area contributed by atoms with Crippen LogP contribution in [-0.2, 0) is 4.79 Å². The zero-order valence-electron chi connectivity index (χ0n) is 9.39. The van der Waals surface area contributed by atoms with Crippen molar-refractivity contribution in [2.45, 2.75) is 59.4 Å². The minimum atomic E-state index is -0.271. The van der Waals surface area contributed by atoms with Crippen molar-refractivity contribution in [3.63, 3.8) is 0 Å². The fourth-order valence-electron chi connectivity index (χ4n) is 1.50. The van der Waals surface area contributed by atoms with Gasteiger partial charge < -0.3 is 5.73 Å². The smallest absolute Gasteiger partial charge is 0.146 e. The molecule has 78 valence electrons. The standard InChI is InChI=1S/C11H23NO/c1-5-6-7-11(3,4)8-10(12)9(2)13/h10H,5-8,12H2,1-4H3/t10-/m0/s1. The molecular formula is C11H23NO. The van der Waals surface area contributed by atoms with Gasteiger partial charge in [0, 0.05) is 0 Å². The van der Waals surface area contributed by atoms with Crippen LogP contribution in [0.3, 0.4) is 0 Å². The van der Waals surface area contributed by atoms with Crippen molar-refractivity contribution in [3.8, 4) is 0 Å². The monoisotopic (exact) mass is 185 g/mol. The van der Waals surface area contributed by atoms with E-state index in [1.165, 1.54) is 12.8 Å². The van der Waals surface area contributed by atoms with Crippen LogP contribution < -0.4 is 5.73 Å². The molecule has 0 amide bonds. The molecule has 0 aliphatic carbocycles. The second kappa shape index (κ2) is 5.38. The SMILES string of the molecule is CCCCC(C)(C)C[C@H](N)C(C)=O. The molecule has 0 unspecified atom stereocenters. The predicted molar refractivity (Wildman–Crippen MR) is 56.6 cm³/mol. The number of carbonyl (C=O) groups is 1. The fourth-order valence-corrected chi connectivity index (χ4v) is 1.50. The lowest BCUT2D eigenvalue weighted by Gasteiger charge is -2.26. The number of nitrogens with two attached hydrogens (primary N) is 1. The summed E-state index contributed by atoms with van der Waals surface area (Å²) in [5.41, 5.74) is 5.93. The predicted octanol–water partition coefficient (Wildman–Crippen LogP) is 2.51. The zero-order valence-corrected chi connectivity index (χ0v) is 9.39. The third-order valence-corrected chi connectivity index (χ3v) is 2.50. The van der Waals surface area contributed by atoms with Crippen LogP contribution in [0.15, 0.2) is 0 Å². The summed E-state index contributed by atoms with van der Waals surface area (Å²) >= 11 is 0. The van der Waals surface area contributed by atoms with Gasteiger partial charge in [0.2, 0.25) is 0 Å². The van der Waals surface area contributed by atoms with Crippen LogP contribution in [-0.4, -0.2) is 11.8 Å². The van der Waals surface area contributed by atoms with Gasteiger partial charge in [0.15, 0.2) is 0 Å². The molecule has 0 aromatic heterocycles. The van der Waals surface area contributed by atoms with Crippen molar-refractivity contribution in [1.82, 2.24) is 0 Å². The Kier molecular flexibility index (Phi) is 5.23. The van der Waals surface area contributed by atoms with Crippen LogP contribution in [0, 0.1) is 5.41 Å². The highest BCUT2D eigenvalue weighted by molar-refractivity contribution is 5.81. The summed E-state index contributed by atoms with van der Waals surface area (Å²) in [6, 6.07) is -0.271. The molecule has 0 fully saturated rings. The van der Waals surface area contributed by atoms with E-state index in [2.05, 4.69) is 20.8 Å². The molecule has 2 N–H and O–H groups in total. The summed E-state index contributed by atoms with van der Waals surface area (Å²) in [5, 5.41) is 0. The van der Waals surface area contributed by atoms with Crippen molar-refractivity contribution in [1.29, 1.82) is 0 Å². The maximum Gasteiger partial charge on any atom is 0.146 e. The Bertz CT molecular complexity index is 163. The van der Waals surface area contributed by atoms with Gasteiger partial charge in [0.25, 0.3) is 0 Å². The first-order valence-electron chi connectivity index (χ1n) is 5.15. The van der Waals surface area contributed by atoms with Gasteiger partial charge >= 0.3 is 0 Å². The summed E-state index contributed by atoms with van der Waals surface area (Å²) in [5.74, 6) is 0.101. The highest BCUT2D eigenvalue weighted by Crippen LogP contribution is 2.28. The van der Waals surface area contributed by atoms with Gasteiger partial charge in [-0.2, -0.15) is 0 Å². The van der Waals surface area contributed by atoms with Gasteiger partial charge in [-0.25, -0.2) is 0 Å². The molecule has 13 heavy (non-hydrogen) atoms. The third kappa shape index (κ3) is 5.81. The highest BCUT2D eigenvalue weighted by Gasteiger charge is 2.22. The molecule has 0 saturated heterocycles. The first-order valence-corrected chi connectivity index (χ1v) is 5.15. The average Bonchev–Trinajstić information content (AvgIpc) is 2.00. The number of hydrogen-bond acceptors (Lipinski definition) is 2. The molecule has 2 nitrogen and oxygen atoms in total. The van der Waals surface area contributed by atoms with E-state index >= 15 is 0 Å². The molecular weight excluding hydrogens is 162 g/mol. The minimum absolute atomic E-state index is 0.101.